The van der Waals surface area contributed by atoms with Crippen molar-refractivity contribution in [3.8, 4) is 0 Å². The van der Waals surface area contributed by atoms with Crippen molar-refractivity contribution in [1.29, 1.82) is 5.41 Å². The summed E-state index contributed by atoms with van der Waals surface area (Å²) in [5.74, 6) is -0.0761. The molecule has 1 aromatic rings. The molecule has 0 radical (unpaired) electrons. The Hall–Kier alpha value is -1.77. The quantitative estimate of drug-likeness (QED) is 0.504. The summed E-state index contributed by atoms with van der Waals surface area (Å²) >= 11 is 0. The molecule has 0 saturated heterocycles. The lowest BCUT2D eigenvalue weighted by atomic mass is 10.1. The van der Waals surface area contributed by atoms with Crippen LogP contribution in [-0.4, -0.2) is 11.3 Å². The minimum atomic E-state index is -0.0761. The van der Waals surface area contributed by atoms with Gasteiger partial charge in [-0.15, -0.1) is 0 Å². The van der Waals surface area contributed by atoms with Gasteiger partial charge in [0.05, 0.1) is 6.21 Å². The fourth-order valence-corrected chi connectivity index (χ4v) is 1.09. The molecule has 0 aliphatic carbocycles. The van der Waals surface area contributed by atoms with Crippen LogP contribution in [0.15, 0.2) is 42.3 Å². The summed E-state index contributed by atoms with van der Waals surface area (Å²) in [5, 5.41) is 18.8. The molecule has 1 rings (SSSR count). The highest BCUT2D eigenvalue weighted by Crippen LogP contribution is 2.10. The van der Waals surface area contributed by atoms with E-state index in [2.05, 4.69) is 5.32 Å². The molecular weight excluding hydrogens is 176 g/mol. The van der Waals surface area contributed by atoms with E-state index >= 15 is 0 Å². The SMILES string of the molecule is CC(N/C=C(/O)C=N)c1ccccc1. The standard InChI is InChI=1S/C11H14N2O/c1-9(13-8-11(14)7-12)10-5-3-2-4-6-10/h2-9,12-14H,1H3/b11-8+,12-7?. The van der Waals surface area contributed by atoms with Gasteiger partial charge in [-0.05, 0) is 12.5 Å². The second-order valence-electron chi connectivity index (χ2n) is 3.01. The van der Waals surface area contributed by atoms with Gasteiger partial charge in [-0.1, -0.05) is 30.3 Å². The number of aliphatic hydroxyl groups is 1. The molecule has 0 heterocycles. The summed E-state index contributed by atoms with van der Waals surface area (Å²) in [4.78, 5) is 0. The summed E-state index contributed by atoms with van der Waals surface area (Å²) in [6.45, 7) is 1.99. The molecule has 3 nitrogen and oxygen atoms in total. The second kappa shape index (κ2) is 5.07. The molecule has 1 unspecified atom stereocenters. The van der Waals surface area contributed by atoms with E-state index in [1.54, 1.807) is 0 Å². The van der Waals surface area contributed by atoms with Crippen LogP contribution in [0, 0.1) is 5.41 Å². The van der Waals surface area contributed by atoms with E-state index in [4.69, 9.17) is 10.5 Å². The largest absolute Gasteiger partial charge is 0.505 e. The first-order valence-corrected chi connectivity index (χ1v) is 4.44. The van der Waals surface area contributed by atoms with Gasteiger partial charge in [0.25, 0.3) is 0 Å². The highest BCUT2D eigenvalue weighted by atomic mass is 16.3. The van der Waals surface area contributed by atoms with Crippen LogP contribution >= 0.6 is 0 Å². The molecule has 74 valence electrons. The van der Waals surface area contributed by atoms with Crippen LogP contribution in [-0.2, 0) is 0 Å². The minimum Gasteiger partial charge on any atom is -0.505 e. The predicted molar refractivity (Wildman–Crippen MR) is 57.5 cm³/mol. The first-order chi connectivity index (χ1) is 6.74. The van der Waals surface area contributed by atoms with Crippen LogP contribution < -0.4 is 5.32 Å². The van der Waals surface area contributed by atoms with E-state index in [0.29, 0.717) is 0 Å². The fourth-order valence-electron chi connectivity index (χ4n) is 1.09. The van der Waals surface area contributed by atoms with Crippen molar-refractivity contribution in [3.63, 3.8) is 0 Å². The van der Waals surface area contributed by atoms with Crippen LogP contribution in [0.3, 0.4) is 0 Å². The Morgan fingerprint density at radius 2 is 2.07 bits per heavy atom. The van der Waals surface area contributed by atoms with Gasteiger partial charge in [-0.2, -0.15) is 0 Å². The van der Waals surface area contributed by atoms with Gasteiger partial charge in [0.1, 0.15) is 5.76 Å². The molecule has 3 heteroatoms. The van der Waals surface area contributed by atoms with E-state index in [0.717, 1.165) is 11.8 Å². The maximum absolute atomic E-state index is 9.01. The maximum Gasteiger partial charge on any atom is 0.148 e. The number of hydrogen-bond acceptors (Lipinski definition) is 3. The monoisotopic (exact) mass is 190 g/mol. The highest BCUT2D eigenvalue weighted by Gasteiger charge is 2.00. The third kappa shape index (κ3) is 2.94. The van der Waals surface area contributed by atoms with E-state index in [-0.39, 0.29) is 11.8 Å². The number of nitrogens with one attached hydrogen (secondary N) is 2. The van der Waals surface area contributed by atoms with Gasteiger partial charge in [0.15, 0.2) is 0 Å². The third-order valence-corrected chi connectivity index (χ3v) is 1.93. The average Bonchev–Trinajstić information content (AvgIpc) is 2.26. The van der Waals surface area contributed by atoms with Crippen LogP contribution in [0.1, 0.15) is 18.5 Å². The van der Waals surface area contributed by atoms with Crippen molar-refractivity contribution >= 4 is 6.21 Å². The lowest BCUT2D eigenvalue weighted by Gasteiger charge is -2.11. The number of hydrogen-bond donors (Lipinski definition) is 3. The van der Waals surface area contributed by atoms with Crippen molar-refractivity contribution in [2.75, 3.05) is 0 Å². The summed E-state index contributed by atoms with van der Waals surface area (Å²) in [6.07, 6.45) is 2.31. The normalized spacial score (nSPS) is 13.4. The zero-order valence-electron chi connectivity index (χ0n) is 8.07. The fraction of sp³-hybridized carbons (Fsp3) is 0.182. The van der Waals surface area contributed by atoms with Crippen molar-refractivity contribution in [2.45, 2.75) is 13.0 Å². The van der Waals surface area contributed by atoms with Gasteiger partial charge in [-0.25, -0.2) is 0 Å². The summed E-state index contributed by atoms with van der Waals surface area (Å²) < 4.78 is 0. The van der Waals surface area contributed by atoms with E-state index in [1.165, 1.54) is 6.20 Å². The average molecular weight is 190 g/mol. The van der Waals surface area contributed by atoms with Crippen molar-refractivity contribution in [2.24, 2.45) is 0 Å². The number of rotatable bonds is 4. The topological polar surface area (TPSA) is 56.1 Å². The number of allylic oxidation sites excluding steroid dienone is 1. The van der Waals surface area contributed by atoms with E-state index < -0.39 is 0 Å². The molecule has 0 aliphatic rings. The van der Waals surface area contributed by atoms with Crippen LogP contribution in [0.4, 0.5) is 0 Å². The molecule has 0 spiro atoms. The third-order valence-electron chi connectivity index (χ3n) is 1.93. The Bertz CT molecular complexity index is 319. The second-order valence-corrected chi connectivity index (χ2v) is 3.01. The molecule has 0 fully saturated rings. The molecule has 1 aromatic carbocycles. The van der Waals surface area contributed by atoms with Crippen LogP contribution in [0.2, 0.25) is 0 Å². The summed E-state index contributed by atoms with van der Waals surface area (Å²) in [6, 6.07) is 10.0. The Balaban J connectivity index is 2.59. The van der Waals surface area contributed by atoms with E-state index in [1.807, 2.05) is 37.3 Å². The van der Waals surface area contributed by atoms with Crippen LogP contribution in [0.5, 0.6) is 0 Å². The molecule has 3 N–H and O–H groups in total. The molecule has 0 saturated carbocycles. The molecule has 1 atom stereocenters. The predicted octanol–water partition coefficient (Wildman–Crippen LogP) is 2.39. The van der Waals surface area contributed by atoms with Crippen LogP contribution in [0.25, 0.3) is 0 Å². The molecule has 0 bridgehead atoms. The molecular formula is C11H14N2O. The van der Waals surface area contributed by atoms with Crippen molar-refractivity contribution < 1.29 is 5.11 Å². The Morgan fingerprint density at radius 1 is 1.43 bits per heavy atom. The van der Waals surface area contributed by atoms with Gasteiger partial charge in [0.2, 0.25) is 0 Å². The van der Waals surface area contributed by atoms with Gasteiger partial charge in [-0.3, -0.25) is 0 Å². The van der Waals surface area contributed by atoms with Crippen molar-refractivity contribution in [1.82, 2.24) is 5.32 Å². The highest BCUT2D eigenvalue weighted by molar-refractivity contribution is 5.71. The molecule has 14 heavy (non-hydrogen) atoms. The Kier molecular flexibility index (Phi) is 3.73. The summed E-state index contributed by atoms with van der Waals surface area (Å²) in [7, 11) is 0. The van der Waals surface area contributed by atoms with Crippen molar-refractivity contribution in [3.05, 3.63) is 47.9 Å². The van der Waals surface area contributed by atoms with Gasteiger partial charge >= 0.3 is 0 Å². The van der Waals surface area contributed by atoms with Gasteiger partial charge < -0.3 is 15.8 Å². The summed E-state index contributed by atoms with van der Waals surface area (Å²) in [5.41, 5.74) is 1.14. The lowest BCUT2D eigenvalue weighted by molar-refractivity contribution is 0.438. The maximum atomic E-state index is 9.01. The number of benzene rings is 1. The smallest absolute Gasteiger partial charge is 0.148 e. The zero-order valence-corrected chi connectivity index (χ0v) is 8.07. The zero-order chi connectivity index (χ0) is 10.4. The Labute approximate surface area is 83.6 Å². The first kappa shape index (κ1) is 10.3. The minimum absolute atomic E-state index is 0.0761. The first-order valence-electron chi connectivity index (χ1n) is 4.44. The molecule has 0 aliphatic heterocycles. The van der Waals surface area contributed by atoms with E-state index in [9.17, 15) is 0 Å². The molecule has 0 aromatic heterocycles. The number of aliphatic hydroxyl groups excluding tert-OH is 1. The Morgan fingerprint density at radius 3 is 2.64 bits per heavy atom. The lowest BCUT2D eigenvalue weighted by Crippen LogP contribution is -2.12. The van der Waals surface area contributed by atoms with Gasteiger partial charge in [0, 0.05) is 12.2 Å². The molecule has 0 amide bonds.